The van der Waals surface area contributed by atoms with E-state index in [0.717, 1.165) is 5.56 Å². The number of hydrogen-bond acceptors (Lipinski definition) is 3. The van der Waals surface area contributed by atoms with Gasteiger partial charge in [0.1, 0.15) is 5.82 Å². The Kier molecular flexibility index (Phi) is 4.66. The first-order chi connectivity index (χ1) is 11.0. The highest BCUT2D eigenvalue weighted by molar-refractivity contribution is 6.31. The van der Waals surface area contributed by atoms with Crippen LogP contribution in [0.1, 0.15) is 24.4 Å². The zero-order valence-electron chi connectivity index (χ0n) is 12.4. The van der Waals surface area contributed by atoms with E-state index in [9.17, 15) is 4.79 Å². The maximum absolute atomic E-state index is 12.1. The van der Waals surface area contributed by atoms with Crippen molar-refractivity contribution in [3.63, 3.8) is 0 Å². The maximum Gasteiger partial charge on any atom is 0.258 e. The molecule has 0 radical (unpaired) electrons. The van der Waals surface area contributed by atoms with Gasteiger partial charge in [0, 0.05) is 16.1 Å². The van der Waals surface area contributed by atoms with Crippen LogP contribution in [0.2, 0.25) is 10.0 Å². The van der Waals surface area contributed by atoms with E-state index in [1.165, 1.54) is 0 Å². The normalized spacial score (nSPS) is 12.5. The Bertz CT molecular complexity index is 890. The third-order valence-corrected chi connectivity index (χ3v) is 4.15. The number of aromatic amines is 1. The Balaban J connectivity index is 1.79. The molecule has 0 aliphatic carbocycles. The third-order valence-electron chi connectivity index (χ3n) is 3.66. The summed E-state index contributed by atoms with van der Waals surface area (Å²) in [6, 6.07) is 12.8. The second-order valence-electron chi connectivity index (χ2n) is 5.33. The molecular formula is C17H15Cl2N3O. The van der Waals surface area contributed by atoms with Crippen LogP contribution in [0.3, 0.4) is 0 Å². The molecule has 0 amide bonds. The van der Waals surface area contributed by atoms with Crippen molar-refractivity contribution in [2.75, 3.05) is 0 Å². The van der Waals surface area contributed by atoms with E-state index in [4.69, 9.17) is 23.2 Å². The molecule has 2 aromatic carbocycles. The van der Waals surface area contributed by atoms with E-state index in [1.807, 2.05) is 31.2 Å². The van der Waals surface area contributed by atoms with Crippen LogP contribution in [0.15, 0.2) is 47.3 Å². The minimum absolute atomic E-state index is 0.104. The van der Waals surface area contributed by atoms with E-state index < -0.39 is 0 Å². The first kappa shape index (κ1) is 16.0. The Morgan fingerprint density at radius 2 is 1.83 bits per heavy atom. The van der Waals surface area contributed by atoms with Gasteiger partial charge < -0.3 is 10.3 Å². The molecule has 0 fully saturated rings. The lowest BCUT2D eigenvalue weighted by Crippen LogP contribution is -2.22. The van der Waals surface area contributed by atoms with Gasteiger partial charge in [0.15, 0.2) is 0 Å². The zero-order chi connectivity index (χ0) is 16.4. The summed E-state index contributed by atoms with van der Waals surface area (Å²) in [4.78, 5) is 19.3. The lowest BCUT2D eigenvalue weighted by Gasteiger charge is -2.14. The molecule has 0 saturated carbocycles. The van der Waals surface area contributed by atoms with Gasteiger partial charge in [-0.1, -0.05) is 35.3 Å². The van der Waals surface area contributed by atoms with E-state index in [-0.39, 0.29) is 11.6 Å². The molecule has 3 aromatic rings. The summed E-state index contributed by atoms with van der Waals surface area (Å²) >= 11 is 11.9. The van der Waals surface area contributed by atoms with Gasteiger partial charge in [0.05, 0.1) is 17.4 Å². The number of hydrogen-bond donors (Lipinski definition) is 2. The zero-order valence-corrected chi connectivity index (χ0v) is 13.9. The summed E-state index contributed by atoms with van der Waals surface area (Å²) in [6.07, 6.45) is 0. The molecule has 1 aromatic heterocycles. The second-order valence-corrected chi connectivity index (χ2v) is 6.20. The monoisotopic (exact) mass is 347 g/mol. The number of H-pyrrole nitrogens is 1. The van der Waals surface area contributed by atoms with Gasteiger partial charge in [-0.15, -0.1) is 0 Å². The van der Waals surface area contributed by atoms with Crippen LogP contribution >= 0.6 is 23.2 Å². The molecule has 3 rings (SSSR count). The molecule has 0 aliphatic heterocycles. The summed E-state index contributed by atoms with van der Waals surface area (Å²) < 4.78 is 0. The summed E-state index contributed by atoms with van der Waals surface area (Å²) in [5.41, 5.74) is 1.54. The van der Waals surface area contributed by atoms with Crippen molar-refractivity contribution < 1.29 is 0 Å². The number of fused-ring (bicyclic) bond motifs is 1. The van der Waals surface area contributed by atoms with Crippen molar-refractivity contribution in [1.82, 2.24) is 15.3 Å². The molecule has 1 atom stereocenters. The SMILES string of the molecule is C[C@H](NCc1nc2cc(Cl)ccc2c(=O)[nH]1)c1ccc(Cl)cc1. The maximum atomic E-state index is 12.1. The fourth-order valence-electron chi connectivity index (χ4n) is 2.36. The van der Waals surface area contributed by atoms with Crippen molar-refractivity contribution in [2.45, 2.75) is 19.5 Å². The van der Waals surface area contributed by atoms with Gasteiger partial charge in [-0.05, 0) is 42.8 Å². The summed E-state index contributed by atoms with van der Waals surface area (Å²) in [5.74, 6) is 0.575. The van der Waals surface area contributed by atoms with E-state index in [2.05, 4.69) is 15.3 Å². The average Bonchev–Trinajstić information content (AvgIpc) is 2.53. The lowest BCUT2D eigenvalue weighted by atomic mass is 10.1. The van der Waals surface area contributed by atoms with E-state index >= 15 is 0 Å². The van der Waals surface area contributed by atoms with Crippen LogP contribution in [0, 0.1) is 0 Å². The fourth-order valence-corrected chi connectivity index (χ4v) is 2.66. The largest absolute Gasteiger partial charge is 0.309 e. The lowest BCUT2D eigenvalue weighted by molar-refractivity contribution is 0.559. The van der Waals surface area contributed by atoms with Crippen molar-refractivity contribution in [3.05, 3.63) is 74.3 Å². The fraction of sp³-hybridized carbons (Fsp3) is 0.176. The number of aromatic nitrogens is 2. The highest BCUT2D eigenvalue weighted by Gasteiger charge is 2.08. The Hall–Kier alpha value is -1.88. The van der Waals surface area contributed by atoms with Crippen molar-refractivity contribution >= 4 is 34.1 Å². The summed E-state index contributed by atoms with van der Waals surface area (Å²) in [7, 11) is 0. The van der Waals surface area contributed by atoms with Crippen molar-refractivity contribution in [2.24, 2.45) is 0 Å². The highest BCUT2D eigenvalue weighted by Crippen LogP contribution is 2.17. The van der Waals surface area contributed by atoms with Gasteiger partial charge in [-0.2, -0.15) is 0 Å². The minimum atomic E-state index is -0.164. The van der Waals surface area contributed by atoms with Crippen LogP contribution in [0.5, 0.6) is 0 Å². The quantitative estimate of drug-likeness (QED) is 0.747. The topological polar surface area (TPSA) is 57.8 Å². The summed E-state index contributed by atoms with van der Waals surface area (Å²) in [5, 5.41) is 5.13. The van der Waals surface area contributed by atoms with Gasteiger partial charge in [-0.3, -0.25) is 4.79 Å². The average molecular weight is 348 g/mol. The molecular weight excluding hydrogens is 333 g/mol. The molecule has 23 heavy (non-hydrogen) atoms. The van der Waals surface area contributed by atoms with Gasteiger partial charge in [0.25, 0.3) is 5.56 Å². The standard InChI is InChI=1S/C17H15Cl2N3O/c1-10(11-2-4-12(18)5-3-11)20-9-16-21-15-8-13(19)6-7-14(15)17(23)22-16/h2-8,10,20H,9H2,1H3,(H,21,22,23)/t10-/m0/s1. The number of halogens is 2. The van der Waals surface area contributed by atoms with Crippen LogP contribution < -0.4 is 10.9 Å². The first-order valence-electron chi connectivity index (χ1n) is 7.20. The predicted octanol–water partition coefficient (Wildman–Crippen LogP) is 4.08. The molecule has 0 aliphatic rings. The molecule has 0 unspecified atom stereocenters. The van der Waals surface area contributed by atoms with Crippen LogP contribution in [-0.2, 0) is 6.54 Å². The van der Waals surface area contributed by atoms with E-state index in [0.29, 0.717) is 33.3 Å². The Morgan fingerprint density at radius 1 is 1.13 bits per heavy atom. The van der Waals surface area contributed by atoms with Crippen LogP contribution in [0.25, 0.3) is 10.9 Å². The second kappa shape index (κ2) is 6.71. The third kappa shape index (κ3) is 3.72. The molecule has 1 heterocycles. The van der Waals surface area contributed by atoms with Gasteiger partial charge >= 0.3 is 0 Å². The molecule has 2 N–H and O–H groups in total. The first-order valence-corrected chi connectivity index (χ1v) is 7.96. The van der Waals surface area contributed by atoms with Crippen LogP contribution in [0.4, 0.5) is 0 Å². The number of benzene rings is 2. The highest BCUT2D eigenvalue weighted by atomic mass is 35.5. The molecule has 4 nitrogen and oxygen atoms in total. The molecule has 0 bridgehead atoms. The smallest absolute Gasteiger partial charge is 0.258 e. The molecule has 118 valence electrons. The number of rotatable bonds is 4. The minimum Gasteiger partial charge on any atom is -0.309 e. The Morgan fingerprint density at radius 3 is 2.57 bits per heavy atom. The Labute approximate surface area is 143 Å². The van der Waals surface area contributed by atoms with Crippen molar-refractivity contribution in [1.29, 1.82) is 0 Å². The number of nitrogens with one attached hydrogen (secondary N) is 2. The number of nitrogens with zero attached hydrogens (tertiary/aromatic N) is 1. The predicted molar refractivity (Wildman–Crippen MR) is 94.1 cm³/mol. The molecule has 6 heteroatoms. The van der Waals surface area contributed by atoms with E-state index in [1.54, 1.807) is 18.2 Å². The molecule has 0 saturated heterocycles. The van der Waals surface area contributed by atoms with Gasteiger partial charge in [0.2, 0.25) is 0 Å². The van der Waals surface area contributed by atoms with Crippen LogP contribution in [-0.4, -0.2) is 9.97 Å². The molecule has 0 spiro atoms. The summed E-state index contributed by atoms with van der Waals surface area (Å²) in [6.45, 7) is 2.49. The van der Waals surface area contributed by atoms with Crippen molar-refractivity contribution in [3.8, 4) is 0 Å². The van der Waals surface area contributed by atoms with Gasteiger partial charge in [-0.25, -0.2) is 4.98 Å².